The van der Waals surface area contributed by atoms with Crippen LogP contribution in [0.4, 0.5) is 4.39 Å². The van der Waals surface area contributed by atoms with Crippen molar-refractivity contribution < 1.29 is 9.50 Å². The highest BCUT2D eigenvalue weighted by Crippen LogP contribution is 2.30. The van der Waals surface area contributed by atoms with Crippen LogP contribution in [0, 0.1) is 5.82 Å². The smallest absolute Gasteiger partial charge is 0.123 e. The standard InChI is InChI=1S/C10H12FNO/c11-8-1-2-10(13)9(5-8)7-3-4-12-6-7/h1-2,5,7,12-13H,3-4,6H2. The van der Waals surface area contributed by atoms with Gasteiger partial charge in [0.05, 0.1) is 0 Å². The Morgan fingerprint density at radius 3 is 3.00 bits per heavy atom. The number of halogens is 1. The highest BCUT2D eigenvalue weighted by Gasteiger charge is 2.19. The molecule has 0 radical (unpaired) electrons. The monoisotopic (exact) mass is 181 g/mol. The van der Waals surface area contributed by atoms with Crippen LogP contribution in [-0.2, 0) is 0 Å². The van der Waals surface area contributed by atoms with Gasteiger partial charge in [-0.05, 0) is 31.2 Å². The second kappa shape index (κ2) is 3.34. The van der Waals surface area contributed by atoms with Crippen LogP contribution in [0.15, 0.2) is 18.2 Å². The van der Waals surface area contributed by atoms with Gasteiger partial charge in [-0.15, -0.1) is 0 Å². The van der Waals surface area contributed by atoms with Gasteiger partial charge in [-0.2, -0.15) is 0 Å². The van der Waals surface area contributed by atoms with E-state index in [0.717, 1.165) is 25.1 Å². The summed E-state index contributed by atoms with van der Waals surface area (Å²) in [6.45, 7) is 1.78. The molecule has 1 aromatic rings. The summed E-state index contributed by atoms with van der Waals surface area (Å²) in [5, 5.41) is 12.7. The third kappa shape index (κ3) is 1.65. The lowest BCUT2D eigenvalue weighted by molar-refractivity contribution is 0.459. The van der Waals surface area contributed by atoms with Crippen molar-refractivity contribution in [2.24, 2.45) is 0 Å². The molecule has 1 aromatic carbocycles. The molecular formula is C10H12FNO. The minimum absolute atomic E-state index is 0.204. The van der Waals surface area contributed by atoms with E-state index >= 15 is 0 Å². The largest absolute Gasteiger partial charge is 0.508 e. The van der Waals surface area contributed by atoms with E-state index in [1.54, 1.807) is 0 Å². The zero-order valence-electron chi connectivity index (χ0n) is 7.26. The zero-order chi connectivity index (χ0) is 9.26. The van der Waals surface area contributed by atoms with Gasteiger partial charge in [-0.1, -0.05) is 0 Å². The quantitative estimate of drug-likeness (QED) is 0.689. The van der Waals surface area contributed by atoms with Crippen molar-refractivity contribution >= 4 is 0 Å². The van der Waals surface area contributed by atoms with Gasteiger partial charge >= 0.3 is 0 Å². The van der Waals surface area contributed by atoms with Crippen molar-refractivity contribution in [1.82, 2.24) is 5.32 Å². The zero-order valence-corrected chi connectivity index (χ0v) is 7.26. The van der Waals surface area contributed by atoms with Crippen LogP contribution in [-0.4, -0.2) is 18.2 Å². The molecule has 1 saturated heterocycles. The molecule has 0 aliphatic carbocycles. The van der Waals surface area contributed by atoms with Crippen molar-refractivity contribution in [2.45, 2.75) is 12.3 Å². The topological polar surface area (TPSA) is 32.3 Å². The summed E-state index contributed by atoms with van der Waals surface area (Å²) in [5.41, 5.74) is 0.727. The average molecular weight is 181 g/mol. The van der Waals surface area contributed by atoms with E-state index in [0.29, 0.717) is 0 Å². The third-order valence-electron chi connectivity index (χ3n) is 2.49. The normalized spacial score (nSPS) is 22.1. The van der Waals surface area contributed by atoms with Crippen LogP contribution in [0.2, 0.25) is 0 Å². The van der Waals surface area contributed by atoms with Crippen molar-refractivity contribution in [3.05, 3.63) is 29.6 Å². The minimum atomic E-state index is -0.278. The van der Waals surface area contributed by atoms with Gasteiger partial charge in [-0.25, -0.2) is 4.39 Å². The number of rotatable bonds is 1. The highest BCUT2D eigenvalue weighted by molar-refractivity contribution is 5.36. The van der Waals surface area contributed by atoms with Gasteiger partial charge < -0.3 is 10.4 Å². The van der Waals surface area contributed by atoms with Crippen LogP contribution in [0.5, 0.6) is 5.75 Å². The fourth-order valence-corrected chi connectivity index (χ4v) is 1.77. The molecule has 3 heteroatoms. The van der Waals surface area contributed by atoms with Crippen LogP contribution >= 0.6 is 0 Å². The van der Waals surface area contributed by atoms with Crippen molar-refractivity contribution in [1.29, 1.82) is 0 Å². The molecule has 0 spiro atoms. The Balaban J connectivity index is 2.32. The first kappa shape index (κ1) is 8.51. The van der Waals surface area contributed by atoms with E-state index in [4.69, 9.17) is 0 Å². The molecule has 1 fully saturated rings. The Bertz CT molecular complexity index is 308. The summed E-state index contributed by atoms with van der Waals surface area (Å²) in [4.78, 5) is 0. The lowest BCUT2D eigenvalue weighted by Crippen LogP contribution is -2.08. The summed E-state index contributed by atoms with van der Waals surface area (Å²) in [7, 11) is 0. The Hall–Kier alpha value is -1.09. The number of benzene rings is 1. The van der Waals surface area contributed by atoms with Gasteiger partial charge in [0.15, 0.2) is 0 Å². The molecule has 0 aromatic heterocycles. The molecule has 70 valence electrons. The first-order valence-electron chi connectivity index (χ1n) is 4.46. The SMILES string of the molecule is Oc1ccc(F)cc1C1CCNC1. The number of aromatic hydroxyl groups is 1. The molecule has 1 aliphatic heterocycles. The second-order valence-electron chi connectivity index (χ2n) is 3.39. The molecule has 0 amide bonds. The molecule has 0 bridgehead atoms. The number of phenolic OH excluding ortho intramolecular Hbond substituents is 1. The second-order valence-corrected chi connectivity index (χ2v) is 3.39. The molecule has 0 saturated carbocycles. The van der Waals surface area contributed by atoms with Crippen LogP contribution in [0.25, 0.3) is 0 Å². The molecular weight excluding hydrogens is 169 g/mol. The van der Waals surface area contributed by atoms with Crippen molar-refractivity contribution in [2.75, 3.05) is 13.1 Å². The predicted molar refractivity (Wildman–Crippen MR) is 48.3 cm³/mol. The fraction of sp³-hybridized carbons (Fsp3) is 0.400. The van der Waals surface area contributed by atoms with Crippen LogP contribution in [0.3, 0.4) is 0 Å². The molecule has 13 heavy (non-hydrogen) atoms. The molecule has 1 atom stereocenters. The Morgan fingerprint density at radius 2 is 2.31 bits per heavy atom. The van der Waals surface area contributed by atoms with Gasteiger partial charge in [0.2, 0.25) is 0 Å². The van der Waals surface area contributed by atoms with Crippen LogP contribution < -0.4 is 5.32 Å². The van der Waals surface area contributed by atoms with E-state index in [-0.39, 0.29) is 17.5 Å². The summed E-state index contributed by atoms with van der Waals surface area (Å²) in [6, 6.07) is 4.12. The molecule has 2 nitrogen and oxygen atoms in total. The number of hydrogen-bond donors (Lipinski definition) is 2. The first-order chi connectivity index (χ1) is 6.27. The molecule has 1 heterocycles. The van der Waals surface area contributed by atoms with Crippen LogP contribution in [0.1, 0.15) is 17.9 Å². The molecule has 2 rings (SSSR count). The number of phenols is 1. The van der Waals surface area contributed by atoms with E-state index < -0.39 is 0 Å². The summed E-state index contributed by atoms with van der Waals surface area (Å²) >= 11 is 0. The average Bonchev–Trinajstić information content (AvgIpc) is 2.61. The molecule has 1 unspecified atom stereocenters. The number of nitrogens with one attached hydrogen (secondary N) is 1. The van der Waals surface area contributed by atoms with E-state index in [1.165, 1.54) is 18.2 Å². The van der Waals surface area contributed by atoms with Gasteiger partial charge in [0.25, 0.3) is 0 Å². The maximum absolute atomic E-state index is 12.9. The lowest BCUT2D eigenvalue weighted by Gasteiger charge is -2.10. The fourth-order valence-electron chi connectivity index (χ4n) is 1.77. The molecule has 1 aliphatic rings. The Labute approximate surface area is 76.4 Å². The summed E-state index contributed by atoms with van der Waals surface area (Å²) in [6.07, 6.45) is 0.969. The summed E-state index contributed by atoms with van der Waals surface area (Å²) < 4.78 is 12.9. The third-order valence-corrected chi connectivity index (χ3v) is 2.49. The Morgan fingerprint density at radius 1 is 1.46 bits per heavy atom. The first-order valence-corrected chi connectivity index (χ1v) is 4.46. The summed E-state index contributed by atoms with van der Waals surface area (Å²) in [5.74, 6) is 0.186. The Kier molecular flexibility index (Phi) is 2.19. The highest BCUT2D eigenvalue weighted by atomic mass is 19.1. The van der Waals surface area contributed by atoms with Gasteiger partial charge in [0, 0.05) is 18.0 Å². The van der Waals surface area contributed by atoms with E-state index in [1.807, 2.05) is 0 Å². The van der Waals surface area contributed by atoms with Crippen molar-refractivity contribution in [3.8, 4) is 5.75 Å². The van der Waals surface area contributed by atoms with Crippen molar-refractivity contribution in [3.63, 3.8) is 0 Å². The van der Waals surface area contributed by atoms with E-state index in [2.05, 4.69) is 5.32 Å². The predicted octanol–water partition coefficient (Wildman–Crippen LogP) is 1.61. The van der Waals surface area contributed by atoms with E-state index in [9.17, 15) is 9.50 Å². The molecule has 2 N–H and O–H groups in total. The number of hydrogen-bond acceptors (Lipinski definition) is 2. The minimum Gasteiger partial charge on any atom is -0.508 e. The lowest BCUT2D eigenvalue weighted by atomic mass is 9.97. The van der Waals surface area contributed by atoms with Gasteiger partial charge in [-0.3, -0.25) is 0 Å². The maximum Gasteiger partial charge on any atom is 0.123 e. The van der Waals surface area contributed by atoms with Gasteiger partial charge in [0.1, 0.15) is 11.6 Å². The maximum atomic E-state index is 12.9.